The molecule has 0 amide bonds. The molecule has 1 aromatic carbocycles. The predicted molar refractivity (Wildman–Crippen MR) is 74.0 cm³/mol. The number of aromatic carboxylic acids is 1. The summed E-state index contributed by atoms with van der Waals surface area (Å²) in [5.74, 6) is -3.06. The monoisotopic (exact) mass is 385 g/mol. The number of nitrogens with one attached hydrogen (secondary N) is 1. The molecule has 0 heterocycles. The standard InChI is InChI=1S/C11H13BrFNO6S/c1-11(4-15,5-16)14-21(19,20)8-3-6(12)2-7(9(8)13)10(17)18/h2-3,14-16H,4-5H2,1H3,(H,17,18). The van der Waals surface area contributed by atoms with Crippen molar-refractivity contribution >= 4 is 31.9 Å². The molecule has 1 aromatic rings. The number of carboxylic acids is 1. The molecule has 1 rings (SSSR count). The van der Waals surface area contributed by atoms with Gasteiger partial charge in [0.05, 0.1) is 24.3 Å². The number of aliphatic hydroxyl groups is 2. The van der Waals surface area contributed by atoms with Crippen LogP contribution in [0.15, 0.2) is 21.5 Å². The van der Waals surface area contributed by atoms with Crippen LogP contribution in [0.4, 0.5) is 4.39 Å². The molecular formula is C11H13BrFNO6S. The summed E-state index contributed by atoms with van der Waals surface area (Å²) in [6.07, 6.45) is 0. The summed E-state index contributed by atoms with van der Waals surface area (Å²) in [5, 5.41) is 27.0. The van der Waals surface area contributed by atoms with Crippen molar-refractivity contribution < 1.29 is 32.9 Å². The molecule has 10 heteroatoms. The molecule has 0 aliphatic rings. The van der Waals surface area contributed by atoms with Crippen molar-refractivity contribution in [2.24, 2.45) is 0 Å². The number of carboxylic acid groups (broad SMARTS) is 1. The van der Waals surface area contributed by atoms with Crippen LogP contribution in [0.5, 0.6) is 0 Å². The Labute approximate surface area is 128 Å². The van der Waals surface area contributed by atoms with Gasteiger partial charge in [-0.15, -0.1) is 0 Å². The van der Waals surface area contributed by atoms with E-state index in [1.807, 2.05) is 4.72 Å². The topological polar surface area (TPSA) is 124 Å². The zero-order valence-electron chi connectivity index (χ0n) is 10.8. The number of benzene rings is 1. The molecule has 0 radical (unpaired) electrons. The van der Waals surface area contributed by atoms with Crippen LogP contribution in [0.3, 0.4) is 0 Å². The molecule has 0 fully saturated rings. The Hall–Kier alpha value is -1.07. The first kappa shape index (κ1) is 18.0. The zero-order valence-corrected chi connectivity index (χ0v) is 13.2. The third-order valence-corrected chi connectivity index (χ3v) is 4.70. The molecule has 0 spiro atoms. The number of aliphatic hydroxyl groups excluding tert-OH is 2. The molecule has 0 atom stereocenters. The molecule has 0 saturated heterocycles. The maximum atomic E-state index is 14.0. The smallest absolute Gasteiger partial charge is 0.338 e. The quantitative estimate of drug-likeness (QED) is 0.558. The van der Waals surface area contributed by atoms with Crippen LogP contribution in [0.1, 0.15) is 17.3 Å². The molecule has 0 bridgehead atoms. The van der Waals surface area contributed by atoms with Gasteiger partial charge < -0.3 is 15.3 Å². The lowest BCUT2D eigenvalue weighted by Crippen LogP contribution is -2.51. The highest BCUT2D eigenvalue weighted by Crippen LogP contribution is 2.25. The summed E-state index contributed by atoms with van der Waals surface area (Å²) in [6.45, 7) is -0.257. The van der Waals surface area contributed by atoms with Gasteiger partial charge >= 0.3 is 5.97 Å². The molecule has 21 heavy (non-hydrogen) atoms. The van der Waals surface area contributed by atoms with Gasteiger partial charge in [0.15, 0.2) is 5.82 Å². The summed E-state index contributed by atoms with van der Waals surface area (Å²) < 4.78 is 40.3. The van der Waals surface area contributed by atoms with Crippen LogP contribution in [0.25, 0.3) is 0 Å². The second kappa shape index (κ2) is 6.36. The van der Waals surface area contributed by atoms with E-state index in [9.17, 15) is 17.6 Å². The van der Waals surface area contributed by atoms with Crippen LogP contribution in [-0.4, -0.2) is 48.5 Å². The van der Waals surface area contributed by atoms with Crippen molar-refractivity contribution in [1.29, 1.82) is 0 Å². The highest BCUT2D eigenvalue weighted by atomic mass is 79.9. The first-order valence-electron chi connectivity index (χ1n) is 5.54. The first-order chi connectivity index (χ1) is 9.56. The van der Waals surface area contributed by atoms with E-state index in [1.165, 1.54) is 6.92 Å². The molecule has 118 valence electrons. The Morgan fingerprint density at radius 2 is 1.90 bits per heavy atom. The molecule has 4 N–H and O–H groups in total. The van der Waals surface area contributed by atoms with Gasteiger partial charge in [0.2, 0.25) is 10.0 Å². The van der Waals surface area contributed by atoms with Gasteiger partial charge in [-0.1, -0.05) is 15.9 Å². The predicted octanol–water partition coefficient (Wildman–Crippen LogP) is 0.308. The summed E-state index contributed by atoms with van der Waals surface area (Å²) in [7, 11) is -4.49. The van der Waals surface area contributed by atoms with Crippen LogP contribution in [0.2, 0.25) is 0 Å². The van der Waals surface area contributed by atoms with Gasteiger partial charge in [0.1, 0.15) is 4.90 Å². The minimum absolute atomic E-state index is 0.0522. The van der Waals surface area contributed by atoms with Gasteiger partial charge in [-0.25, -0.2) is 22.3 Å². The fourth-order valence-corrected chi connectivity index (χ4v) is 3.53. The zero-order chi connectivity index (χ0) is 16.4. The summed E-state index contributed by atoms with van der Waals surface area (Å²) in [4.78, 5) is 9.99. The Morgan fingerprint density at radius 3 is 2.33 bits per heavy atom. The molecule has 0 unspecified atom stereocenters. The Balaban J connectivity index is 3.42. The van der Waals surface area contributed by atoms with E-state index >= 15 is 0 Å². The van der Waals surface area contributed by atoms with Gasteiger partial charge in [-0.2, -0.15) is 0 Å². The van der Waals surface area contributed by atoms with E-state index in [2.05, 4.69) is 15.9 Å². The number of hydrogen-bond acceptors (Lipinski definition) is 5. The first-order valence-corrected chi connectivity index (χ1v) is 7.82. The minimum Gasteiger partial charge on any atom is -0.478 e. The highest BCUT2D eigenvalue weighted by molar-refractivity contribution is 9.10. The lowest BCUT2D eigenvalue weighted by molar-refractivity contribution is 0.0691. The second-order valence-corrected chi connectivity index (χ2v) is 7.12. The fourth-order valence-electron chi connectivity index (χ4n) is 1.41. The van der Waals surface area contributed by atoms with Crippen molar-refractivity contribution in [3.8, 4) is 0 Å². The second-order valence-electron chi connectivity index (χ2n) is 4.55. The minimum atomic E-state index is -4.49. The third kappa shape index (κ3) is 3.98. The lowest BCUT2D eigenvalue weighted by atomic mass is 10.1. The summed E-state index contributed by atoms with van der Waals surface area (Å²) in [5.41, 5.74) is -2.43. The van der Waals surface area contributed by atoms with Crippen molar-refractivity contribution in [2.45, 2.75) is 17.4 Å². The number of carbonyl (C=O) groups is 1. The Morgan fingerprint density at radius 1 is 1.38 bits per heavy atom. The van der Waals surface area contributed by atoms with E-state index < -0.39 is 51.0 Å². The van der Waals surface area contributed by atoms with Crippen molar-refractivity contribution in [3.05, 3.63) is 28.0 Å². The van der Waals surface area contributed by atoms with Gasteiger partial charge in [-0.3, -0.25) is 0 Å². The third-order valence-electron chi connectivity index (χ3n) is 2.60. The van der Waals surface area contributed by atoms with Crippen LogP contribution in [0, 0.1) is 5.82 Å². The van der Waals surface area contributed by atoms with Crippen LogP contribution in [-0.2, 0) is 10.0 Å². The van der Waals surface area contributed by atoms with Gasteiger partial charge in [0.25, 0.3) is 0 Å². The van der Waals surface area contributed by atoms with Crippen molar-refractivity contribution in [1.82, 2.24) is 4.72 Å². The van der Waals surface area contributed by atoms with E-state index in [0.29, 0.717) is 0 Å². The average molecular weight is 386 g/mol. The number of hydrogen-bond donors (Lipinski definition) is 4. The lowest BCUT2D eigenvalue weighted by Gasteiger charge is -2.26. The van der Waals surface area contributed by atoms with Crippen molar-refractivity contribution in [3.63, 3.8) is 0 Å². The number of halogens is 2. The molecule has 0 aromatic heterocycles. The van der Waals surface area contributed by atoms with E-state index in [0.717, 1.165) is 12.1 Å². The van der Waals surface area contributed by atoms with Crippen LogP contribution >= 0.6 is 15.9 Å². The summed E-state index contributed by atoms with van der Waals surface area (Å²) in [6, 6.07) is 1.81. The van der Waals surface area contributed by atoms with Crippen LogP contribution < -0.4 is 4.72 Å². The normalized spacial score (nSPS) is 12.4. The highest BCUT2D eigenvalue weighted by Gasteiger charge is 2.32. The molecule has 0 saturated carbocycles. The largest absolute Gasteiger partial charge is 0.478 e. The van der Waals surface area contributed by atoms with Gasteiger partial charge in [-0.05, 0) is 19.1 Å². The SMILES string of the molecule is CC(CO)(CO)NS(=O)(=O)c1cc(Br)cc(C(=O)O)c1F. The van der Waals surface area contributed by atoms with E-state index in [4.69, 9.17) is 15.3 Å². The van der Waals surface area contributed by atoms with Crippen molar-refractivity contribution in [2.75, 3.05) is 13.2 Å². The maximum absolute atomic E-state index is 14.0. The van der Waals surface area contributed by atoms with E-state index in [1.54, 1.807) is 0 Å². The molecule has 0 aliphatic heterocycles. The fraction of sp³-hybridized carbons (Fsp3) is 0.364. The van der Waals surface area contributed by atoms with E-state index in [-0.39, 0.29) is 4.47 Å². The number of rotatable bonds is 6. The van der Waals surface area contributed by atoms with Gasteiger partial charge in [0, 0.05) is 4.47 Å². The maximum Gasteiger partial charge on any atom is 0.338 e. The Kier molecular flexibility index (Phi) is 5.45. The average Bonchev–Trinajstić information content (AvgIpc) is 2.39. The molecule has 0 aliphatic carbocycles. The number of sulfonamides is 1. The summed E-state index contributed by atoms with van der Waals surface area (Å²) >= 11 is 2.90. The molecular weight excluding hydrogens is 373 g/mol. The Bertz CT molecular complexity index is 659. The molecule has 7 nitrogen and oxygen atoms in total.